The molecule has 0 aliphatic carbocycles. The van der Waals surface area contributed by atoms with Gasteiger partial charge >= 0.3 is 53.7 Å². The van der Waals surface area contributed by atoms with Gasteiger partial charge in [0.1, 0.15) is 56.4 Å². The van der Waals surface area contributed by atoms with Gasteiger partial charge in [-0.25, -0.2) is 43.2 Å². The minimum Gasteiger partial charge on any atom is -0.459 e. The number of ether oxygens (including phenoxy) is 14. The Balaban J connectivity index is 1.02. The quantitative estimate of drug-likeness (QED) is 0.0397. The predicted molar refractivity (Wildman–Crippen MR) is 368 cm³/mol. The van der Waals surface area contributed by atoms with Gasteiger partial charge in [0.15, 0.2) is 55.5 Å². The first-order valence-corrected chi connectivity index (χ1v) is 33.5. The highest BCUT2D eigenvalue weighted by Crippen LogP contribution is 2.39. The standard InChI is InChI=1S/C81H68O25/c82-61-62(58(46-93-70(83)49-28-10-1-11-29-49)96-79(92)65(61)100-74(87)53-36-18-5-19-37-53)105-80-69(104-78(91)57-44-26-9-27-45-57)67(102-76(89)55-40-22-7-23-41-55)64(60(98-80)48-95-72(85)51-32-14-3-15-33-51)106-81-68(103-77(90)56-42-24-8-25-43-56)66(101-75(88)54-38-20-6-21-39-54)63(99-73(86)52-34-16-4-17-35-52)59(97-81)47-94-71(84)50-30-12-2-13-31-50/h1-45,58-69,79-82,92H,46-48H2/t58-,59-,60-,61+,62-,63-,64-,65-,66+,67+,68-,69-,79?,80-,81-/m1/s1. The number of esters is 9. The molecule has 0 saturated carbocycles. The van der Waals surface area contributed by atoms with Crippen molar-refractivity contribution in [3.63, 3.8) is 0 Å². The molecule has 0 aromatic heterocycles. The van der Waals surface area contributed by atoms with Gasteiger partial charge in [-0.15, -0.1) is 0 Å². The average molecular weight is 1440 g/mol. The Morgan fingerprint density at radius 2 is 0.443 bits per heavy atom. The molecule has 0 spiro atoms. The van der Waals surface area contributed by atoms with Crippen molar-refractivity contribution in [1.29, 1.82) is 0 Å². The number of carbonyl (C=O) groups is 9. The molecule has 15 atom stereocenters. The summed E-state index contributed by atoms with van der Waals surface area (Å²) in [7, 11) is 0. The van der Waals surface area contributed by atoms with E-state index >= 15 is 9.59 Å². The van der Waals surface area contributed by atoms with Crippen LogP contribution in [0.5, 0.6) is 0 Å². The molecule has 3 heterocycles. The van der Waals surface area contributed by atoms with E-state index in [-0.39, 0.29) is 50.1 Å². The first-order chi connectivity index (χ1) is 51.6. The fourth-order valence-electron chi connectivity index (χ4n) is 11.8. The zero-order valence-corrected chi connectivity index (χ0v) is 56.0. The molecule has 542 valence electrons. The van der Waals surface area contributed by atoms with Gasteiger partial charge in [0.05, 0.1) is 50.1 Å². The first kappa shape index (κ1) is 73.7. The molecular weight excluding hydrogens is 1370 g/mol. The fourth-order valence-corrected chi connectivity index (χ4v) is 11.8. The summed E-state index contributed by atoms with van der Waals surface area (Å²) in [6, 6.07) is 67.8. The van der Waals surface area contributed by atoms with Crippen LogP contribution in [0, 0.1) is 0 Å². The molecule has 0 radical (unpaired) electrons. The second-order valence-corrected chi connectivity index (χ2v) is 24.2. The van der Waals surface area contributed by atoms with E-state index in [4.69, 9.17) is 66.3 Å². The van der Waals surface area contributed by atoms with Crippen LogP contribution in [0.4, 0.5) is 0 Å². The lowest BCUT2D eigenvalue weighted by Crippen LogP contribution is -2.68. The van der Waals surface area contributed by atoms with Gasteiger partial charge in [-0.2, -0.15) is 0 Å². The van der Waals surface area contributed by atoms with E-state index < -0.39 is 166 Å². The highest BCUT2D eigenvalue weighted by atomic mass is 16.8. The van der Waals surface area contributed by atoms with Crippen molar-refractivity contribution in [1.82, 2.24) is 0 Å². The molecule has 12 rings (SSSR count). The van der Waals surface area contributed by atoms with Crippen LogP contribution >= 0.6 is 0 Å². The predicted octanol–water partition coefficient (Wildman–Crippen LogP) is 9.21. The van der Waals surface area contributed by atoms with Crippen LogP contribution in [0.25, 0.3) is 0 Å². The molecule has 9 aromatic carbocycles. The van der Waals surface area contributed by atoms with Gasteiger partial charge in [0, 0.05) is 0 Å². The van der Waals surface area contributed by atoms with Crippen molar-refractivity contribution < 1.29 is 120 Å². The summed E-state index contributed by atoms with van der Waals surface area (Å²) in [5.74, 6) is -9.43. The molecule has 9 aromatic rings. The van der Waals surface area contributed by atoms with E-state index in [1.807, 2.05) is 0 Å². The molecule has 3 saturated heterocycles. The molecule has 2 N–H and O–H groups in total. The smallest absolute Gasteiger partial charge is 0.338 e. The van der Waals surface area contributed by atoms with Crippen LogP contribution in [-0.2, 0) is 66.3 Å². The Bertz CT molecular complexity index is 4430. The van der Waals surface area contributed by atoms with Gasteiger partial charge < -0.3 is 76.5 Å². The van der Waals surface area contributed by atoms with Crippen LogP contribution in [-0.4, -0.2) is 176 Å². The van der Waals surface area contributed by atoms with Crippen LogP contribution in [0.2, 0.25) is 0 Å². The van der Waals surface area contributed by atoms with Gasteiger partial charge in [-0.05, 0) is 109 Å². The van der Waals surface area contributed by atoms with Gasteiger partial charge in [0.25, 0.3) is 0 Å². The number of hydrogen-bond donors (Lipinski definition) is 2. The molecule has 1 unspecified atom stereocenters. The van der Waals surface area contributed by atoms with Crippen LogP contribution in [0.15, 0.2) is 273 Å². The number of aliphatic hydroxyl groups is 2. The minimum absolute atomic E-state index is 0.00544. The molecule has 3 aliphatic rings. The minimum atomic E-state index is -2.27. The van der Waals surface area contributed by atoms with E-state index in [1.165, 1.54) is 170 Å². The summed E-state index contributed by atoms with van der Waals surface area (Å²) in [6.45, 7) is -2.65. The topological polar surface area (TPSA) is 323 Å². The van der Waals surface area contributed by atoms with Gasteiger partial charge in [-0.3, -0.25) is 0 Å². The average Bonchev–Trinajstić information content (AvgIpc) is 0.759. The third-order valence-electron chi connectivity index (χ3n) is 17.1. The third kappa shape index (κ3) is 18.5. The summed E-state index contributed by atoms with van der Waals surface area (Å²) >= 11 is 0. The Labute approximate surface area is 605 Å². The van der Waals surface area contributed by atoms with Crippen molar-refractivity contribution in [2.75, 3.05) is 19.8 Å². The normalized spacial score (nSPS) is 23.9. The molecule has 106 heavy (non-hydrogen) atoms. The zero-order valence-electron chi connectivity index (χ0n) is 56.0. The van der Waals surface area contributed by atoms with Crippen LogP contribution in [0.3, 0.4) is 0 Å². The van der Waals surface area contributed by atoms with Crippen molar-refractivity contribution in [2.45, 2.75) is 92.1 Å². The molecule has 0 amide bonds. The molecule has 0 bridgehead atoms. The second kappa shape index (κ2) is 35.4. The molecule has 3 aliphatic heterocycles. The molecule has 25 nitrogen and oxygen atoms in total. The summed E-state index contributed by atoms with van der Waals surface area (Å²) < 4.78 is 89.3. The number of hydrogen-bond acceptors (Lipinski definition) is 25. The Morgan fingerprint density at radius 3 is 0.726 bits per heavy atom. The first-order valence-electron chi connectivity index (χ1n) is 33.5. The third-order valence-corrected chi connectivity index (χ3v) is 17.1. The van der Waals surface area contributed by atoms with E-state index in [0.717, 1.165) is 0 Å². The molecular formula is C81H68O25. The largest absolute Gasteiger partial charge is 0.459 e. The van der Waals surface area contributed by atoms with Gasteiger partial charge in [-0.1, -0.05) is 164 Å². The van der Waals surface area contributed by atoms with Crippen molar-refractivity contribution >= 4 is 53.7 Å². The number of carbonyl (C=O) groups excluding carboxylic acids is 9. The summed E-state index contributed by atoms with van der Waals surface area (Å²) in [4.78, 5) is 131. The maximum atomic E-state index is 15.2. The molecule has 25 heteroatoms. The van der Waals surface area contributed by atoms with Gasteiger partial charge in [0.2, 0.25) is 0 Å². The number of rotatable bonds is 25. The Hall–Kier alpha value is -12.1. The maximum absolute atomic E-state index is 15.2. The van der Waals surface area contributed by atoms with Crippen LogP contribution < -0.4 is 0 Å². The summed E-state index contributed by atoms with van der Waals surface area (Å²) in [5.41, 5.74) is -0.322. The SMILES string of the molecule is O=C(OC[C@H]1OC(O)[C@H](OC(=O)c2ccccc2)[C@@H](O)[C@@H]1O[C@H]1O[C@H](COC(=O)c2ccccc2)[C@@H](O[C@H]2O[C@H](COC(=O)c3ccccc3)[C@@H](OC(=O)c3ccccc3)[C@H](OC(=O)c3ccccc3)[C@H]2OC(=O)c2ccccc2)[C@H](OC(=O)c2ccccc2)[C@H]1OC(=O)c1ccccc1)c1ccccc1. The van der Waals surface area contributed by atoms with Crippen molar-refractivity contribution in [3.05, 3.63) is 323 Å². The lowest BCUT2D eigenvalue weighted by molar-refractivity contribution is -0.375. The second-order valence-electron chi connectivity index (χ2n) is 24.2. The number of aliphatic hydroxyl groups excluding tert-OH is 2. The monoisotopic (exact) mass is 1440 g/mol. The lowest BCUT2D eigenvalue weighted by atomic mass is 9.95. The maximum Gasteiger partial charge on any atom is 0.338 e. The van der Waals surface area contributed by atoms with E-state index in [1.54, 1.807) is 103 Å². The Kier molecular flexibility index (Phi) is 24.6. The van der Waals surface area contributed by atoms with Crippen molar-refractivity contribution in [2.24, 2.45) is 0 Å². The number of benzene rings is 9. The fraction of sp³-hybridized carbons (Fsp3) is 0.222. The van der Waals surface area contributed by atoms with E-state index in [0.29, 0.717) is 0 Å². The van der Waals surface area contributed by atoms with E-state index in [9.17, 15) is 43.8 Å². The van der Waals surface area contributed by atoms with Crippen molar-refractivity contribution in [3.8, 4) is 0 Å². The highest BCUT2D eigenvalue weighted by Gasteiger charge is 2.60. The molecule has 3 fully saturated rings. The Morgan fingerprint density at radius 1 is 0.236 bits per heavy atom. The summed E-state index contributed by atoms with van der Waals surface area (Å²) in [6.07, 6.45) is -31.2. The summed E-state index contributed by atoms with van der Waals surface area (Å²) in [5, 5.41) is 24.4. The highest BCUT2D eigenvalue weighted by molar-refractivity contribution is 5.94. The lowest BCUT2D eigenvalue weighted by Gasteiger charge is -2.50. The van der Waals surface area contributed by atoms with E-state index in [2.05, 4.69) is 0 Å². The zero-order chi connectivity index (χ0) is 73.9. The van der Waals surface area contributed by atoms with Crippen LogP contribution in [0.1, 0.15) is 93.2 Å².